The molecule has 32 heavy (non-hydrogen) atoms. The molecule has 0 spiro atoms. The Morgan fingerprint density at radius 1 is 1.38 bits per heavy atom. The van der Waals surface area contributed by atoms with Crippen LogP contribution in [0.4, 0.5) is 0 Å². The van der Waals surface area contributed by atoms with Gasteiger partial charge in [0.05, 0.1) is 29.8 Å². The minimum absolute atomic E-state index is 0.00577. The first-order valence-corrected chi connectivity index (χ1v) is 11.8. The zero-order chi connectivity index (χ0) is 22.9. The highest BCUT2D eigenvalue weighted by Crippen LogP contribution is 2.32. The number of morpholine rings is 1. The van der Waals surface area contributed by atoms with E-state index in [1.807, 2.05) is 37.1 Å². The van der Waals surface area contributed by atoms with Gasteiger partial charge in [-0.25, -0.2) is 0 Å². The van der Waals surface area contributed by atoms with E-state index in [0.717, 1.165) is 55.9 Å². The van der Waals surface area contributed by atoms with E-state index >= 15 is 0 Å². The van der Waals surface area contributed by atoms with E-state index in [1.165, 1.54) is 0 Å². The fraction of sp³-hybridized carbons (Fsp3) is 0.625. The normalized spacial score (nSPS) is 20.3. The summed E-state index contributed by atoms with van der Waals surface area (Å²) < 4.78 is 5.74. The van der Waals surface area contributed by atoms with E-state index in [4.69, 9.17) is 10.1 Å². The quantitative estimate of drug-likeness (QED) is 0.291. The predicted molar refractivity (Wildman–Crippen MR) is 128 cm³/mol. The number of hydrogen-bond acceptors (Lipinski definition) is 7. The largest absolute Gasteiger partial charge is 0.383 e. The number of carbonyl (C=O) groups is 1. The van der Waals surface area contributed by atoms with Crippen LogP contribution >= 0.6 is 0 Å². The molecule has 8 heteroatoms. The summed E-state index contributed by atoms with van der Waals surface area (Å²) in [6, 6.07) is 5.70. The summed E-state index contributed by atoms with van der Waals surface area (Å²) in [7, 11) is 1.94. The number of carbonyl (C=O) groups excluding carboxylic acids is 1. The van der Waals surface area contributed by atoms with Crippen molar-refractivity contribution < 1.29 is 9.53 Å². The van der Waals surface area contributed by atoms with Crippen molar-refractivity contribution in [1.29, 1.82) is 5.41 Å². The number of amides is 1. The van der Waals surface area contributed by atoms with Crippen molar-refractivity contribution in [2.45, 2.75) is 57.7 Å². The van der Waals surface area contributed by atoms with Crippen LogP contribution in [0.5, 0.6) is 0 Å². The highest BCUT2D eigenvalue weighted by molar-refractivity contribution is 6.08. The van der Waals surface area contributed by atoms with E-state index in [2.05, 4.69) is 27.9 Å². The molecule has 4 N–H and O–H groups in total. The van der Waals surface area contributed by atoms with Crippen molar-refractivity contribution >= 4 is 17.3 Å². The summed E-state index contributed by atoms with van der Waals surface area (Å²) in [5.41, 5.74) is 3.09. The van der Waals surface area contributed by atoms with Crippen LogP contribution < -0.4 is 16.0 Å². The molecule has 1 saturated heterocycles. The molecule has 1 aromatic rings. The number of ether oxygens (including phenoxy) is 1. The van der Waals surface area contributed by atoms with E-state index in [-0.39, 0.29) is 18.0 Å². The van der Waals surface area contributed by atoms with E-state index in [1.54, 1.807) is 6.20 Å². The minimum Gasteiger partial charge on any atom is -0.383 e. The Kier molecular flexibility index (Phi) is 9.20. The van der Waals surface area contributed by atoms with Gasteiger partial charge in [-0.05, 0) is 58.3 Å². The summed E-state index contributed by atoms with van der Waals surface area (Å²) >= 11 is 0. The van der Waals surface area contributed by atoms with Crippen molar-refractivity contribution in [2.75, 3.05) is 39.8 Å². The Balaban J connectivity index is 1.86. The molecule has 0 unspecified atom stereocenters. The molecular weight excluding hydrogens is 404 g/mol. The molecule has 0 radical (unpaired) electrons. The summed E-state index contributed by atoms with van der Waals surface area (Å²) in [4.78, 5) is 19.8. The monoisotopic (exact) mass is 442 g/mol. The number of pyridine rings is 1. The third-order valence-corrected chi connectivity index (χ3v) is 6.04. The van der Waals surface area contributed by atoms with Crippen LogP contribution in [0.2, 0.25) is 0 Å². The lowest BCUT2D eigenvalue weighted by atomic mass is 9.96. The van der Waals surface area contributed by atoms with Crippen molar-refractivity contribution in [2.24, 2.45) is 0 Å². The van der Waals surface area contributed by atoms with Gasteiger partial charge in [-0.1, -0.05) is 13.0 Å². The minimum atomic E-state index is -0.469. The molecule has 1 aromatic heterocycles. The topological polar surface area (TPSA) is 102 Å². The molecule has 2 fully saturated rings. The summed E-state index contributed by atoms with van der Waals surface area (Å²) in [5.74, 6) is -0.00577. The standard InChI is InChI=1S/C24H38N6O2/c1-4-19(23(29-13-7-11-26-3)20-8-5-6-12-28-20)22(25)17(2)30(18-9-10-18)24(31)21-16-27-14-15-32-21/h5-6,8,12,17-18,21,25-27,29H,4,7,9-11,13-16H2,1-3H3/b23-19-,25-22?/t17-,21-/m1/s1. The number of rotatable bonds is 12. The molecule has 1 saturated carbocycles. The molecule has 1 aliphatic heterocycles. The lowest BCUT2D eigenvalue weighted by molar-refractivity contribution is -0.146. The molecule has 0 aromatic carbocycles. The van der Waals surface area contributed by atoms with Crippen LogP contribution in [0.25, 0.3) is 5.70 Å². The van der Waals surface area contributed by atoms with Gasteiger partial charge in [-0.2, -0.15) is 0 Å². The summed E-state index contributed by atoms with van der Waals surface area (Å²) in [6.07, 6.45) is 4.93. The maximum atomic E-state index is 13.3. The molecule has 8 nitrogen and oxygen atoms in total. The average molecular weight is 443 g/mol. The fourth-order valence-corrected chi connectivity index (χ4v) is 4.16. The SMILES string of the molecule is CC/C(C(=N)[C@@H](C)N(C(=O)[C@H]1CNCCO1)C1CC1)=C(/NCCCNC)c1ccccn1. The molecule has 2 heterocycles. The number of aromatic nitrogens is 1. The van der Waals surface area contributed by atoms with Crippen LogP contribution in [-0.2, 0) is 9.53 Å². The van der Waals surface area contributed by atoms with Gasteiger partial charge in [0.2, 0.25) is 0 Å². The van der Waals surface area contributed by atoms with Crippen LogP contribution in [0.1, 0.15) is 45.2 Å². The van der Waals surface area contributed by atoms with E-state index in [9.17, 15) is 4.79 Å². The van der Waals surface area contributed by atoms with Crippen molar-refractivity contribution in [1.82, 2.24) is 25.8 Å². The highest BCUT2D eigenvalue weighted by Gasteiger charge is 2.41. The molecule has 176 valence electrons. The zero-order valence-corrected chi connectivity index (χ0v) is 19.6. The lowest BCUT2D eigenvalue weighted by Gasteiger charge is -2.35. The predicted octanol–water partition coefficient (Wildman–Crippen LogP) is 1.79. The Morgan fingerprint density at radius 2 is 2.19 bits per heavy atom. The van der Waals surface area contributed by atoms with Gasteiger partial charge < -0.3 is 31.0 Å². The maximum Gasteiger partial charge on any atom is 0.253 e. The third kappa shape index (κ3) is 6.15. The molecular formula is C24H38N6O2. The fourth-order valence-electron chi connectivity index (χ4n) is 4.16. The second kappa shape index (κ2) is 12.1. The van der Waals surface area contributed by atoms with Crippen molar-refractivity contribution in [3.63, 3.8) is 0 Å². The van der Waals surface area contributed by atoms with E-state index < -0.39 is 6.10 Å². The van der Waals surface area contributed by atoms with Crippen LogP contribution in [0.3, 0.4) is 0 Å². The Hall–Kier alpha value is -2.29. The number of nitrogens with one attached hydrogen (secondary N) is 4. The van der Waals surface area contributed by atoms with Gasteiger partial charge in [0, 0.05) is 37.4 Å². The molecule has 1 aliphatic carbocycles. The molecule has 1 amide bonds. The van der Waals surface area contributed by atoms with Crippen LogP contribution in [0, 0.1) is 5.41 Å². The summed E-state index contributed by atoms with van der Waals surface area (Å²) in [5, 5.41) is 19.1. The Morgan fingerprint density at radius 3 is 2.78 bits per heavy atom. The molecule has 0 bridgehead atoms. The van der Waals surface area contributed by atoms with Crippen molar-refractivity contribution in [3.8, 4) is 0 Å². The second-order valence-corrected chi connectivity index (χ2v) is 8.44. The molecule has 2 aliphatic rings. The van der Waals surface area contributed by atoms with Crippen LogP contribution in [-0.4, -0.2) is 79.5 Å². The van der Waals surface area contributed by atoms with E-state index in [0.29, 0.717) is 25.3 Å². The van der Waals surface area contributed by atoms with Gasteiger partial charge >= 0.3 is 0 Å². The average Bonchev–Trinajstić information content (AvgIpc) is 3.67. The zero-order valence-electron chi connectivity index (χ0n) is 19.6. The van der Waals surface area contributed by atoms with Crippen molar-refractivity contribution in [3.05, 3.63) is 35.7 Å². The first-order chi connectivity index (χ1) is 15.6. The summed E-state index contributed by atoms with van der Waals surface area (Å²) in [6.45, 7) is 7.58. The maximum absolute atomic E-state index is 13.3. The third-order valence-electron chi connectivity index (χ3n) is 6.04. The Bertz CT molecular complexity index is 787. The smallest absolute Gasteiger partial charge is 0.253 e. The van der Waals surface area contributed by atoms with Gasteiger partial charge in [0.15, 0.2) is 0 Å². The first-order valence-electron chi connectivity index (χ1n) is 11.8. The van der Waals surface area contributed by atoms with Gasteiger partial charge in [-0.15, -0.1) is 0 Å². The number of hydrogen-bond donors (Lipinski definition) is 4. The second-order valence-electron chi connectivity index (χ2n) is 8.44. The van der Waals surface area contributed by atoms with Gasteiger partial charge in [0.1, 0.15) is 6.10 Å². The molecule has 3 rings (SSSR count). The first kappa shape index (κ1) is 24.4. The highest BCUT2D eigenvalue weighted by atomic mass is 16.5. The van der Waals surface area contributed by atoms with Gasteiger partial charge in [0.25, 0.3) is 5.91 Å². The molecule has 2 atom stereocenters. The van der Waals surface area contributed by atoms with Crippen LogP contribution in [0.15, 0.2) is 30.0 Å². The lowest BCUT2D eigenvalue weighted by Crippen LogP contribution is -2.54. The number of nitrogens with zero attached hydrogens (tertiary/aromatic N) is 2. The Labute approximate surface area is 191 Å². The van der Waals surface area contributed by atoms with Gasteiger partial charge in [-0.3, -0.25) is 9.78 Å².